The normalized spacial score (nSPS) is 15.0. The maximum absolute atomic E-state index is 12.6. The van der Waals surface area contributed by atoms with Gasteiger partial charge in [-0.1, -0.05) is 68.9 Å². The van der Waals surface area contributed by atoms with Crippen LogP contribution in [0.15, 0.2) is 70.7 Å². The molecule has 1 saturated carbocycles. The van der Waals surface area contributed by atoms with E-state index in [1.807, 2.05) is 48.7 Å². The second-order valence-electron chi connectivity index (χ2n) is 13.0. The number of pyridine rings is 1. The van der Waals surface area contributed by atoms with E-state index in [4.69, 9.17) is 42.1 Å². The minimum atomic E-state index is -1.26. The van der Waals surface area contributed by atoms with Gasteiger partial charge in [0.05, 0.1) is 28.7 Å². The van der Waals surface area contributed by atoms with Crippen molar-refractivity contribution in [3.63, 3.8) is 0 Å². The predicted octanol–water partition coefficient (Wildman–Crippen LogP) is 8.22. The Morgan fingerprint density at radius 2 is 1.79 bits per heavy atom. The van der Waals surface area contributed by atoms with Gasteiger partial charge in [0, 0.05) is 50.4 Å². The summed E-state index contributed by atoms with van der Waals surface area (Å²) in [5.74, 6) is -0.400. The fourth-order valence-electron chi connectivity index (χ4n) is 5.66. The summed E-state index contributed by atoms with van der Waals surface area (Å²) in [4.78, 5) is 34.4. The van der Waals surface area contributed by atoms with E-state index >= 15 is 0 Å². The quantitative estimate of drug-likeness (QED) is 0.0291. The van der Waals surface area contributed by atoms with Crippen molar-refractivity contribution < 1.29 is 23.8 Å². The first-order valence-electron chi connectivity index (χ1n) is 16.2. The Kier molecular flexibility index (Phi) is 11.8. The zero-order valence-electron chi connectivity index (χ0n) is 28.0. The number of fused-ring (bicyclic) bond motifs is 1. The molecule has 0 amide bonds. The molecule has 0 aliphatic heterocycles. The lowest BCUT2D eigenvalue weighted by Crippen LogP contribution is -2.25. The minimum absolute atomic E-state index is 0.00694. The molecule has 4 aromatic rings. The first-order valence-corrected chi connectivity index (χ1v) is 21.1. The summed E-state index contributed by atoms with van der Waals surface area (Å²) in [5, 5.41) is 4.76. The van der Waals surface area contributed by atoms with Gasteiger partial charge in [-0.05, 0) is 66.2 Å². The molecule has 0 saturated heterocycles. The lowest BCUT2D eigenvalue weighted by molar-refractivity contribution is -0.150. The van der Waals surface area contributed by atoms with Gasteiger partial charge in [-0.2, -0.15) is 9.61 Å². The molecule has 3 aromatic heterocycles. The molecule has 254 valence electrons. The molecular weight excluding hydrogens is 710 g/mol. The standard InChI is InChI=1S/C35H42BrN5O5SSi/c1-6-45-35(43)32(46-23(2)42)26-14-12-25(13-15-26)31-30(36)34(40(47)22-44-18-19-48(3,4)5)41-33(39-31)28(21-38-41)27-16-17-29(37-20-27)24-10-8-7-9-11-24/h7-11,16-17,20-21,25,47H,6,12-15,18-19,22H2,1-5H3. The van der Waals surface area contributed by atoms with Crippen LogP contribution in [0.5, 0.6) is 0 Å². The lowest BCUT2D eigenvalue weighted by atomic mass is 9.83. The van der Waals surface area contributed by atoms with Crippen molar-refractivity contribution in [1.29, 1.82) is 0 Å². The van der Waals surface area contributed by atoms with E-state index in [0.29, 0.717) is 43.8 Å². The number of allylic oxidation sites excluding steroid dienone is 1. The maximum Gasteiger partial charge on any atom is 0.374 e. The second kappa shape index (κ2) is 15.8. The molecule has 0 unspecified atom stereocenters. The van der Waals surface area contributed by atoms with Crippen LogP contribution in [-0.4, -0.2) is 59.5 Å². The third kappa shape index (κ3) is 8.54. The number of nitrogens with zero attached hydrogens (tertiary/aromatic N) is 5. The summed E-state index contributed by atoms with van der Waals surface area (Å²) in [7, 11) is -1.26. The molecule has 0 spiro atoms. The molecule has 5 rings (SSSR count). The largest absolute Gasteiger partial charge is 0.460 e. The van der Waals surface area contributed by atoms with Gasteiger partial charge in [0.2, 0.25) is 5.76 Å². The molecule has 48 heavy (non-hydrogen) atoms. The summed E-state index contributed by atoms with van der Waals surface area (Å²) in [5.41, 5.74) is 5.97. The first kappa shape index (κ1) is 35.8. The number of ether oxygens (including phenoxy) is 3. The van der Waals surface area contributed by atoms with E-state index in [2.05, 4.69) is 35.6 Å². The van der Waals surface area contributed by atoms with Gasteiger partial charge in [-0.15, -0.1) is 0 Å². The second-order valence-corrected chi connectivity index (χ2v) is 19.9. The van der Waals surface area contributed by atoms with Crippen molar-refractivity contribution in [2.75, 3.05) is 24.2 Å². The average molecular weight is 753 g/mol. The van der Waals surface area contributed by atoms with Crippen molar-refractivity contribution in [3.8, 4) is 22.4 Å². The number of thiol groups is 1. The highest BCUT2D eigenvalue weighted by molar-refractivity contribution is 9.10. The predicted molar refractivity (Wildman–Crippen MR) is 196 cm³/mol. The Bertz CT molecular complexity index is 1780. The van der Waals surface area contributed by atoms with Crippen LogP contribution in [0.3, 0.4) is 0 Å². The van der Waals surface area contributed by atoms with E-state index in [1.165, 1.54) is 6.92 Å². The van der Waals surface area contributed by atoms with Gasteiger partial charge >= 0.3 is 11.9 Å². The van der Waals surface area contributed by atoms with Crippen LogP contribution >= 0.6 is 28.7 Å². The van der Waals surface area contributed by atoms with Gasteiger partial charge in [0.25, 0.3) is 0 Å². The zero-order chi connectivity index (χ0) is 34.4. The maximum atomic E-state index is 12.6. The van der Waals surface area contributed by atoms with Crippen LogP contribution < -0.4 is 4.31 Å². The number of aromatic nitrogens is 4. The van der Waals surface area contributed by atoms with Crippen molar-refractivity contribution in [1.82, 2.24) is 19.6 Å². The zero-order valence-corrected chi connectivity index (χ0v) is 31.5. The molecule has 10 nitrogen and oxygen atoms in total. The van der Waals surface area contributed by atoms with Gasteiger partial charge in [-0.3, -0.25) is 14.1 Å². The molecule has 0 bridgehead atoms. The molecule has 0 atom stereocenters. The molecule has 0 N–H and O–H groups in total. The molecule has 13 heteroatoms. The van der Waals surface area contributed by atoms with Gasteiger partial charge in [0.15, 0.2) is 11.5 Å². The number of hydrogen-bond acceptors (Lipinski definition) is 10. The fourth-order valence-corrected chi connectivity index (χ4v) is 7.62. The number of rotatable bonds is 12. The highest BCUT2D eigenvalue weighted by Gasteiger charge is 2.31. The highest BCUT2D eigenvalue weighted by atomic mass is 79.9. The van der Waals surface area contributed by atoms with E-state index < -0.39 is 20.0 Å². The molecule has 1 aromatic carbocycles. The Labute approximate surface area is 296 Å². The van der Waals surface area contributed by atoms with Gasteiger partial charge in [0.1, 0.15) is 6.73 Å². The first-order chi connectivity index (χ1) is 23.0. The van der Waals surface area contributed by atoms with Crippen molar-refractivity contribution in [2.24, 2.45) is 0 Å². The average Bonchev–Trinajstić information content (AvgIpc) is 3.49. The SMILES string of the molecule is CCOC(=O)C(OC(C)=O)=C1CCC(c2nc3c(-c4ccc(-c5ccccc5)nc4)cnn3c(N(S)COCC[Si](C)(C)C)c2Br)CC1. The highest BCUT2D eigenvalue weighted by Crippen LogP contribution is 2.43. The fraction of sp³-hybridized carbons (Fsp3) is 0.400. The Morgan fingerprint density at radius 3 is 2.42 bits per heavy atom. The van der Waals surface area contributed by atoms with Crippen molar-refractivity contribution >= 4 is 60.2 Å². The van der Waals surface area contributed by atoms with Crippen LogP contribution in [0.4, 0.5) is 5.82 Å². The molecule has 1 aliphatic carbocycles. The molecule has 3 heterocycles. The van der Waals surface area contributed by atoms with E-state index in [1.54, 1.807) is 21.9 Å². The summed E-state index contributed by atoms with van der Waals surface area (Å²) in [6.07, 6.45) is 6.16. The molecule has 1 aliphatic rings. The van der Waals surface area contributed by atoms with Gasteiger partial charge in [-0.25, -0.2) is 9.78 Å². The Morgan fingerprint density at radius 1 is 1.06 bits per heavy atom. The summed E-state index contributed by atoms with van der Waals surface area (Å²) < 4.78 is 20.9. The number of benzene rings is 1. The van der Waals surface area contributed by atoms with Gasteiger partial charge < -0.3 is 14.2 Å². The number of hydrogen-bond donors (Lipinski definition) is 1. The Hall–Kier alpha value is -3.52. The molecule has 0 radical (unpaired) electrons. The molecule has 1 fully saturated rings. The minimum Gasteiger partial charge on any atom is -0.460 e. The van der Waals surface area contributed by atoms with Crippen LogP contribution in [0.2, 0.25) is 25.7 Å². The number of carbonyl (C=O) groups is 2. The van der Waals surface area contributed by atoms with Crippen molar-refractivity contribution in [2.45, 2.75) is 71.1 Å². The summed E-state index contributed by atoms with van der Waals surface area (Å²) in [6.45, 7) is 11.1. The number of esters is 2. The van der Waals surface area contributed by atoms with Crippen molar-refractivity contribution in [3.05, 3.63) is 76.4 Å². The Balaban J connectivity index is 1.51. The monoisotopic (exact) mass is 751 g/mol. The van der Waals surface area contributed by atoms with Crippen LogP contribution in [0.25, 0.3) is 28.0 Å². The van der Waals surface area contributed by atoms with Crippen LogP contribution in [0.1, 0.15) is 51.1 Å². The number of anilines is 1. The topological polar surface area (TPSA) is 108 Å². The van der Waals surface area contributed by atoms with E-state index in [9.17, 15) is 9.59 Å². The summed E-state index contributed by atoms with van der Waals surface area (Å²) in [6, 6.07) is 15.1. The van der Waals surface area contributed by atoms with E-state index in [0.717, 1.165) is 44.2 Å². The third-order valence-corrected chi connectivity index (χ3v) is 11.0. The lowest BCUT2D eigenvalue weighted by Gasteiger charge is -2.28. The number of halogens is 1. The molecular formula is C35H42BrN5O5SSi. The number of carbonyl (C=O) groups excluding carboxylic acids is 2. The smallest absolute Gasteiger partial charge is 0.374 e. The third-order valence-electron chi connectivity index (χ3n) is 8.19. The van der Waals surface area contributed by atoms with E-state index in [-0.39, 0.29) is 25.0 Å². The van der Waals surface area contributed by atoms with Crippen LogP contribution in [-0.2, 0) is 23.8 Å². The summed E-state index contributed by atoms with van der Waals surface area (Å²) >= 11 is 8.74. The van der Waals surface area contributed by atoms with Crippen LogP contribution in [0, 0.1) is 0 Å².